The topological polar surface area (TPSA) is 70.5 Å². The first-order valence-electron chi connectivity index (χ1n) is 5.65. The molecule has 0 radical (unpaired) electrons. The van der Waals surface area contributed by atoms with Gasteiger partial charge in [-0.25, -0.2) is 13.4 Å². The molecule has 0 amide bonds. The quantitative estimate of drug-likeness (QED) is 0.833. The zero-order valence-corrected chi connectivity index (χ0v) is 11.6. The first-order valence-corrected chi connectivity index (χ1v) is 7.47. The molecule has 2 rings (SSSR count). The number of pyridine rings is 1. The summed E-state index contributed by atoms with van der Waals surface area (Å²) in [4.78, 5) is 3.87. The van der Waals surface area contributed by atoms with Crippen molar-refractivity contribution in [2.24, 2.45) is 0 Å². The van der Waals surface area contributed by atoms with E-state index in [1.165, 1.54) is 22.6 Å². The van der Waals surface area contributed by atoms with Crippen molar-refractivity contribution in [3.05, 3.63) is 23.5 Å². The molecule has 1 fully saturated rings. The highest BCUT2D eigenvalue weighted by atomic mass is 35.5. The molecular formula is C11H15ClN2O3S. The number of aliphatic hydroxyl groups is 1. The third kappa shape index (κ3) is 2.83. The number of sulfonamides is 1. The maximum Gasteiger partial charge on any atom is 0.243 e. The van der Waals surface area contributed by atoms with Crippen LogP contribution in [0.4, 0.5) is 0 Å². The van der Waals surface area contributed by atoms with Gasteiger partial charge >= 0.3 is 0 Å². The Kier molecular flexibility index (Phi) is 3.64. The van der Waals surface area contributed by atoms with E-state index in [0.717, 1.165) is 0 Å². The molecule has 2 heterocycles. The summed E-state index contributed by atoms with van der Waals surface area (Å²) >= 11 is 5.70. The molecule has 1 aliphatic heterocycles. The van der Waals surface area contributed by atoms with E-state index in [-0.39, 0.29) is 16.6 Å². The molecule has 18 heavy (non-hydrogen) atoms. The third-order valence-corrected chi connectivity index (χ3v) is 5.02. The highest BCUT2D eigenvalue weighted by molar-refractivity contribution is 7.89. The summed E-state index contributed by atoms with van der Waals surface area (Å²) in [6.45, 7) is 2.17. The normalized spacial score (nSPS) is 26.2. The maximum atomic E-state index is 12.4. The minimum atomic E-state index is -3.61. The van der Waals surface area contributed by atoms with E-state index in [4.69, 9.17) is 11.6 Å². The smallest absolute Gasteiger partial charge is 0.243 e. The van der Waals surface area contributed by atoms with Gasteiger partial charge in [0.1, 0.15) is 5.15 Å². The molecule has 1 atom stereocenters. The summed E-state index contributed by atoms with van der Waals surface area (Å²) in [5.41, 5.74) is -0.970. The Morgan fingerprint density at radius 2 is 2.28 bits per heavy atom. The van der Waals surface area contributed by atoms with Crippen molar-refractivity contribution in [2.75, 3.05) is 13.1 Å². The number of halogens is 1. The number of β-amino-alcohol motifs (C(OH)–C–C–N with tert-alkyl or cyclic N) is 1. The number of rotatable bonds is 2. The van der Waals surface area contributed by atoms with Gasteiger partial charge in [0.15, 0.2) is 0 Å². The van der Waals surface area contributed by atoms with Crippen LogP contribution >= 0.6 is 11.6 Å². The Balaban J connectivity index is 2.31. The Hall–Kier alpha value is -0.690. The van der Waals surface area contributed by atoms with Gasteiger partial charge in [-0.05, 0) is 31.9 Å². The molecule has 1 N–H and O–H groups in total. The molecule has 100 valence electrons. The predicted octanol–water partition coefficient (Wildman–Crippen LogP) is 1.27. The SMILES string of the molecule is CC1(O)CCCN(S(=O)(=O)c2ccnc(Cl)c2)C1. The van der Waals surface area contributed by atoms with Gasteiger partial charge in [-0.1, -0.05) is 11.6 Å². The van der Waals surface area contributed by atoms with Crippen LogP contribution in [0.5, 0.6) is 0 Å². The van der Waals surface area contributed by atoms with Crippen molar-refractivity contribution < 1.29 is 13.5 Å². The fourth-order valence-electron chi connectivity index (χ4n) is 2.07. The number of piperidine rings is 1. The number of hydrogen-bond donors (Lipinski definition) is 1. The van der Waals surface area contributed by atoms with Gasteiger partial charge in [0.2, 0.25) is 10.0 Å². The minimum absolute atomic E-state index is 0.106. The van der Waals surface area contributed by atoms with Crippen LogP contribution in [0.3, 0.4) is 0 Å². The zero-order chi connectivity index (χ0) is 13.4. The molecule has 0 saturated carbocycles. The summed E-state index contributed by atoms with van der Waals surface area (Å²) in [5, 5.41) is 10.1. The lowest BCUT2D eigenvalue weighted by Crippen LogP contribution is -2.48. The van der Waals surface area contributed by atoms with Crippen LogP contribution in [0.15, 0.2) is 23.2 Å². The molecule has 0 bridgehead atoms. The van der Waals surface area contributed by atoms with Crippen molar-refractivity contribution in [3.8, 4) is 0 Å². The van der Waals surface area contributed by atoms with Crippen LogP contribution in [0.2, 0.25) is 5.15 Å². The Bertz CT molecular complexity index is 545. The lowest BCUT2D eigenvalue weighted by atomic mass is 9.97. The lowest BCUT2D eigenvalue weighted by Gasteiger charge is -2.35. The standard InChI is InChI=1S/C11H15ClN2O3S/c1-11(15)4-2-6-14(8-11)18(16,17)9-3-5-13-10(12)7-9/h3,5,7,15H,2,4,6,8H2,1H3. The number of hydrogen-bond acceptors (Lipinski definition) is 4. The van der Waals surface area contributed by atoms with E-state index >= 15 is 0 Å². The van der Waals surface area contributed by atoms with Gasteiger partial charge < -0.3 is 5.11 Å². The molecule has 1 aromatic rings. The van der Waals surface area contributed by atoms with E-state index < -0.39 is 15.6 Å². The summed E-state index contributed by atoms with van der Waals surface area (Å²) in [5.74, 6) is 0. The van der Waals surface area contributed by atoms with Crippen molar-refractivity contribution in [1.82, 2.24) is 9.29 Å². The van der Waals surface area contributed by atoms with Crippen LogP contribution in [0.25, 0.3) is 0 Å². The summed E-state index contributed by atoms with van der Waals surface area (Å²) in [7, 11) is -3.61. The van der Waals surface area contributed by atoms with E-state index in [2.05, 4.69) is 4.98 Å². The molecule has 0 aliphatic carbocycles. The van der Waals surface area contributed by atoms with Crippen molar-refractivity contribution in [3.63, 3.8) is 0 Å². The first-order chi connectivity index (χ1) is 8.31. The zero-order valence-electron chi connectivity index (χ0n) is 10.0. The number of nitrogens with zero attached hydrogens (tertiary/aromatic N) is 2. The largest absolute Gasteiger partial charge is 0.389 e. The molecule has 1 saturated heterocycles. The fraction of sp³-hybridized carbons (Fsp3) is 0.545. The van der Waals surface area contributed by atoms with E-state index in [0.29, 0.717) is 19.4 Å². The van der Waals surface area contributed by atoms with Crippen molar-refractivity contribution in [1.29, 1.82) is 0 Å². The van der Waals surface area contributed by atoms with Gasteiger partial charge in [0.25, 0.3) is 0 Å². The second kappa shape index (κ2) is 4.77. The Morgan fingerprint density at radius 1 is 1.56 bits per heavy atom. The number of aromatic nitrogens is 1. The molecule has 1 aromatic heterocycles. The van der Waals surface area contributed by atoms with Gasteiger partial charge in [-0.15, -0.1) is 0 Å². The summed E-state index contributed by atoms with van der Waals surface area (Å²) in [6, 6.07) is 2.73. The van der Waals surface area contributed by atoms with Gasteiger partial charge in [0, 0.05) is 19.3 Å². The molecule has 0 spiro atoms. The highest BCUT2D eigenvalue weighted by Crippen LogP contribution is 2.26. The summed E-state index contributed by atoms with van der Waals surface area (Å²) in [6.07, 6.45) is 2.61. The maximum absolute atomic E-state index is 12.4. The molecule has 7 heteroatoms. The highest BCUT2D eigenvalue weighted by Gasteiger charge is 2.35. The molecule has 1 aliphatic rings. The van der Waals surface area contributed by atoms with Crippen molar-refractivity contribution in [2.45, 2.75) is 30.3 Å². The van der Waals surface area contributed by atoms with Crippen LogP contribution in [-0.4, -0.2) is 41.5 Å². The van der Waals surface area contributed by atoms with E-state index in [1.54, 1.807) is 6.92 Å². The predicted molar refractivity (Wildman–Crippen MR) is 67.9 cm³/mol. The minimum Gasteiger partial charge on any atom is -0.389 e. The average molecular weight is 291 g/mol. The van der Waals surface area contributed by atoms with Gasteiger partial charge in [-0.2, -0.15) is 4.31 Å². The van der Waals surface area contributed by atoms with E-state index in [9.17, 15) is 13.5 Å². The summed E-state index contributed by atoms with van der Waals surface area (Å²) < 4.78 is 26.0. The third-order valence-electron chi connectivity index (χ3n) is 2.98. The van der Waals surface area contributed by atoms with Crippen LogP contribution in [0, 0.1) is 0 Å². The monoisotopic (exact) mass is 290 g/mol. The Morgan fingerprint density at radius 3 is 2.89 bits per heavy atom. The van der Waals surface area contributed by atoms with Crippen molar-refractivity contribution >= 4 is 21.6 Å². The first kappa shape index (κ1) is 13.7. The van der Waals surface area contributed by atoms with Crippen LogP contribution in [0.1, 0.15) is 19.8 Å². The van der Waals surface area contributed by atoms with Crippen LogP contribution < -0.4 is 0 Å². The van der Waals surface area contributed by atoms with Gasteiger partial charge in [-0.3, -0.25) is 0 Å². The molecule has 0 aromatic carbocycles. The fourth-order valence-corrected chi connectivity index (χ4v) is 3.92. The van der Waals surface area contributed by atoms with Gasteiger partial charge in [0.05, 0.1) is 10.5 Å². The van der Waals surface area contributed by atoms with Crippen LogP contribution in [-0.2, 0) is 10.0 Å². The average Bonchev–Trinajstić information content (AvgIpc) is 2.27. The Labute approximate surface area is 111 Å². The molecule has 1 unspecified atom stereocenters. The lowest BCUT2D eigenvalue weighted by molar-refractivity contribution is 0.00940. The molecular weight excluding hydrogens is 276 g/mol. The second-order valence-corrected chi connectivity index (χ2v) is 7.08. The van der Waals surface area contributed by atoms with E-state index in [1.807, 2.05) is 0 Å². The molecule has 5 nitrogen and oxygen atoms in total. The second-order valence-electron chi connectivity index (χ2n) is 4.75.